The summed E-state index contributed by atoms with van der Waals surface area (Å²) in [4.78, 5) is 19.5. The van der Waals surface area contributed by atoms with Crippen LogP contribution < -0.4 is 14.8 Å². The van der Waals surface area contributed by atoms with Crippen LogP contribution in [0, 0.1) is 19.8 Å². The van der Waals surface area contributed by atoms with Gasteiger partial charge in [-0.15, -0.1) is 0 Å². The molecule has 1 aromatic heterocycles. The third-order valence-corrected chi connectivity index (χ3v) is 6.07. The first kappa shape index (κ1) is 22.8. The van der Waals surface area contributed by atoms with Crippen molar-refractivity contribution in [2.45, 2.75) is 33.2 Å². The van der Waals surface area contributed by atoms with Crippen LogP contribution in [0.1, 0.15) is 29.9 Å². The van der Waals surface area contributed by atoms with E-state index in [1.807, 2.05) is 37.3 Å². The van der Waals surface area contributed by atoms with Crippen molar-refractivity contribution in [2.24, 2.45) is 5.92 Å². The molecule has 1 aliphatic heterocycles. The van der Waals surface area contributed by atoms with Crippen molar-refractivity contribution in [3.05, 3.63) is 53.4 Å². The van der Waals surface area contributed by atoms with Gasteiger partial charge in [0.2, 0.25) is 17.6 Å². The number of hydrogen-bond donors (Lipinski definition) is 1. The second kappa shape index (κ2) is 10.0. The van der Waals surface area contributed by atoms with Crippen LogP contribution in [0.25, 0.3) is 11.4 Å². The number of ether oxygens (including phenoxy) is 2. The van der Waals surface area contributed by atoms with Crippen LogP contribution >= 0.6 is 0 Å². The van der Waals surface area contributed by atoms with E-state index in [4.69, 9.17) is 14.0 Å². The molecule has 0 bridgehead atoms. The molecule has 0 spiro atoms. The lowest BCUT2D eigenvalue weighted by molar-refractivity contribution is -0.121. The summed E-state index contributed by atoms with van der Waals surface area (Å²) < 4.78 is 16.1. The normalized spacial score (nSPS) is 14.8. The summed E-state index contributed by atoms with van der Waals surface area (Å²) in [7, 11) is 3.19. The highest BCUT2D eigenvalue weighted by atomic mass is 16.5. The summed E-state index contributed by atoms with van der Waals surface area (Å²) >= 11 is 0. The maximum Gasteiger partial charge on any atom is 0.241 e. The van der Waals surface area contributed by atoms with Crippen LogP contribution in [0.15, 0.2) is 40.9 Å². The highest BCUT2D eigenvalue weighted by molar-refractivity contribution is 5.93. The molecule has 0 atom stereocenters. The van der Waals surface area contributed by atoms with Crippen LogP contribution in [0.2, 0.25) is 0 Å². The lowest BCUT2D eigenvalue weighted by Gasteiger charge is -2.30. The standard InChI is InChI=1S/C25H30N4O4/c1-16-5-7-20(17(2)13-16)26-25(30)18-9-11-29(12-10-18)15-23-27-24(28-33-23)19-6-8-21(31-3)22(14-19)32-4/h5-8,13-14,18H,9-12,15H2,1-4H3,(H,26,30). The van der Waals surface area contributed by atoms with Gasteiger partial charge in [-0.05, 0) is 69.6 Å². The highest BCUT2D eigenvalue weighted by Gasteiger charge is 2.26. The van der Waals surface area contributed by atoms with E-state index >= 15 is 0 Å². The molecule has 0 radical (unpaired) electrons. The molecular weight excluding hydrogens is 420 g/mol. The van der Waals surface area contributed by atoms with Crippen LogP contribution in [-0.4, -0.2) is 48.3 Å². The number of benzene rings is 2. The first-order valence-electron chi connectivity index (χ1n) is 11.1. The smallest absolute Gasteiger partial charge is 0.241 e. The summed E-state index contributed by atoms with van der Waals surface area (Å²) in [5, 5.41) is 7.21. The Morgan fingerprint density at radius 2 is 1.85 bits per heavy atom. The van der Waals surface area contributed by atoms with Gasteiger partial charge in [0.25, 0.3) is 0 Å². The fourth-order valence-electron chi connectivity index (χ4n) is 4.14. The van der Waals surface area contributed by atoms with Gasteiger partial charge in [0.15, 0.2) is 11.5 Å². The number of piperidine rings is 1. The van der Waals surface area contributed by atoms with Gasteiger partial charge < -0.3 is 19.3 Å². The third kappa shape index (κ3) is 5.34. The largest absolute Gasteiger partial charge is 0.493 e. The predicted molar refractivity (Wildman–Crippen MR) is 125 cm³/mol. The van der Waals surface area contributed by atoms with Gasteiger partial charge in [-0.25, -0.2) is 0 Å². The minimum atomic E-state index is 0.00645. The fourth-order valence-corrected chi connectivity index (χ4v) is 4.14. The molecule has 8 heteroatoms. The Kier molecular flexibility index (Phi) is 6.93. The summed E-state index contributed by atoms with van der Waals surface area (Å²) in [5.74, 6) is 2.42. The molecular formula is C25H30N4O4. The number of rotatable bonds is 7. The first-order valence-corrected chi connectivity index (χ1v) is 11.1. The number of carbonyl (C=O) groups is 1. The molecule has 1 saturated heterocycles. The molecule has 2 heterocycles. The van der Waals surface area contributed by atoms with E-state index in [0.29, 0.717) is 29.8 Å². The second-order valence-corrected chi connectivity index (χ2v) is 8.44. The van der Waals surface area contributed by atoms with Crippen molar-refractivity contribution >= 4 is 11.6 Å². The minimum Gasteiger partial charge on any atom is -0.493 e. The van der Waals surface area contributed by atoms with Gasteiger partial charge in [-0.1, -0.05) is 22.9 Å². The number of nitrogens with one attached hydrogen (secondary N) is 1. The van der Waals surface area contributed by atoms with E-state index in [9.17, 15) is 4.79 Å². The zero-order valence-corrected chi connectivity index (χ0v) is 19.6. The lowest BCUT2D eigenvalue weighted by atomic mass is 9.95. The van der Waals surface area contributed by atoms with E-state index in [-0.39, 0.29) is 11.8 Å². The van der Waals surface area contributed by atoms with Crippen LogP contribution in [-0.2, 0) is 11.3 Å². The second-order valence-electron chi connectivity index (χ2n) is 8.44. The Hall–Kier alpha value is -3.39. The summed E-state index contributed by atoms with van der Waals surface area (Å²) in [5.41, 5.74) is 3.96. The Morgan fingerprint density at radius 1 is 1.09 bits per heavy atom. The van der Waals surface area contributed by atoms with Gasteiger partial charge in [0, 0.05) is 17.2 Å². The average Bonchev–Trinajstić information content (AvgIpc) is 3.29. The Bertz CT molecular complexity index is 1120. The van der Waals surface area contributed by atoms with Crippen LogP contribution in [0.3, 0.4) is 0 Å². The molecule has 8 nitrogen and oxygen atoms in total. The number of amides is 1. The zero-order chi connectivity index (χ0) is 23.4. The molecule has 0 saturated carbocycles. The topological polar surface area (TPSA) is 89.7 Å². The number of aryl methyl sites for hydroxylation is 2. The Morgan fingerprint density at radius 3 is 2.55 bits per heavy atom. The first-order chi connectivity index (χ1) is 16.0. The number of hydrogen-bond acceptors (Lipinski definition) is 7. The molecule has 1 fully saturated rings. The van der Waals surface area contributed by atoms with Crippen molar-refractivity contribution in [1.29, 1.82) is 0 Å². The molecule has 3 aromatic rings. The predicted octanol–water partition coefficient (Wildman–Crippen LogP) is 4.22. The maximum atomic E-state index is 12.7. The van der Waals surface area contributed by atoms with E-state index in [2.05, 4.69) is 33.3 Å². The number of likely N-dealkylation sites (tertiary alicyclic amines) is 1. The number of nitrogens with zero attached hydrogens (tertiary/aromatic N) is 3. The molecule has 2 aromatic carbocycles. The van der Waals surface area contributed by atoms with Gasteiger partial charge in [-0.3, -0.25) is 9.69 Å². The molecule has 33 heavy (non-hydrogen) atoms. The lowest BCUT2D eigenvalue weighted by Crippen LogP contribution is -2.37. The van der Waals surface area contributed by atoms with Crippen molar-refractivity contribution in [3.8, 4) is 22.9 Å². The van der Waals surface area contributed by atoms with E-state index < -0.39 is 0 Å². The van der Waals surface area contributed by atoms with Gasteiger partial charge in [-0.2, -0.15) is 4.98 Å². The fraction of sp³-hybridized carbons (Fsp3) is 0.400. The van der Waals surface area contributed by atoms with E-state index in [1.165, 1.54) is 5.56 Å². The highest BCUT2D eigenvalue weighted by Crippen LogP contribution is 2.31. The van der Waals surface area contributed by atoms with Gasteiger partial charge in [0.05, 0.1) is 20.8 Å². The molecule has 174 valence electrons. The zero-order valence-electron chi connectivity index (χ0n) is 19.6. The molecule has 0 aliphatic carbocycles. The molecule has 4 rings (SSSR count). The quantitative estimate of drug-likeness (QED) is 0.576. The molecule has 1 aliphatic rings. The minimum absolute atomic E-state index is 0.00645. The van der Waals surface area contributed by atoms with Crippen LogP contribution in [0.4, 0.5) is 5.69 Å². The Balaban J connectivity index is 1.31. The van der Waals surface area contributed by atoms with Gasteiger partial charge in [0.1, 0.15) is 0 Å². The SMILES string of the molecule is COc1ccc(-c2noc(CN3CCC(C(=O)Nc4ccc(C)cc4C)CC3)n2)cc1OC. The Labute approximate surface area is 193 Å². The average molecular weight is 451 g/mol. The number of aromatic nitrogens is 2. The monoisotopic (exact) mass is 450 g/mol. The van der Waals surface area contributed by atoms with Crippen molar-refractivity contribution in [3.63, 3.8) is 0 Å². The van der Waals surface area contributed by atoms with E-state index in [1.54, 1.807) is 14.2 Å². The molecule has 1 amide bonds. The summed E-state index contributed by atoms with van der Waals surface area (Å²) in [6.07, 6.45) is 1.60. The van der Waals surface area contributed by atoms with E-state index in [0.717, 1.165) is 42.7 Å². The molecule has 0 unspecified atom stereocenters. The molecule has 1 N–H and O–H groups in total. The third-order valence-electron chi connectivity index (χ3n) is 6.07. The van der Waals surface area contributed by atoms with Crippen molar-refractivity contribution < 1.29 is 18.8 Å². The number of methoxy groups -OCH3 is 2. The number of anilines is 1. The van der Waals surface area contributed by atoms with Crippen molar-refractivity contribution in [1.82, 2.24) is 15.0 Å². The van der Waals surface area contributed by atoms with Gasteiger partial charge >= 0.3 is 0 Å². The maximum absolute atomic E-state index is 12.7. The summed E-state index contributed by atoms with van der Waals surface area (Å²) in [6, 6.07) is 11.6. The van der Waals surface area contributed by atoms with Crippen LogP contribution in [0.5, 0.6) is 11.5 Å². The number of carbonyl (C=O) groups excluding carboxylic acids is 1. The van der Waals surface area contributed by atoms with Crippen molar-refractivity contribution in [2.75, 3.05) is 32.6 Å². The summed E-state index contributed by atoms with van der Waals surface area (Å²) in [6.45, 7) is 6.24.